The van der Waals surface area contributed by atoms with E-state index in [9.17, 15) is 4.79 Å². The number of amides is 1. The Bertz CT molecular complexity index is 962. The van der Waals surface area contributed by atoms with Gasteiger partial charge in [-0.3, -0.25) is 4.79 Å². The molecule has 0 bridgehead atoms. The van der Waals surface area contributed by atoms with Crippen molar-refractivity contribution in [2.24, 2.45) is 0 Å². The molecule has 1 aliphatic carbocycles. The summed E-state index contributed by atoms with van der Waals surface area (Å²) in [5.41, 5.74) is 1.63. The summed E-state index contributed by atoms with van der Waals surface area (Å²) in [6.07, 6.45) is 2.24. The van der Waals surface area contributed by atoms with Gasteiger partial charge in [-0.1, -0.05) is 17.3 Å². The van der Waals surface area contributed by atoms with Crippen molar-refractivity contribution in [1.29, 1.82) is 0 Å². The van der Waals surface area contributed by atoms with E-state index >= 15 is 0 Å². The van der Waals surface area contributed by atoms with Crippen LogP contribution in [0, 0.1) is 0 Å². The number of hydrogen-bond donors (Lipinski definition) is 1. The maximum atomic E-state index is 12.5. The van der Waals surface area contributed by atoms with Crippen molar-refractivity contribution in [1.82, 2.24) is 10.1 Å². The fraction of sp³-hybridized carbons (Fsp3) is 0.318. The first kappa shape index (κ1) is 19.0. The van der Waals surface area contributed by atoms with Crippen LogP contribution in [0.2, 0.25) is 0 Å². The second-order valence-electron chi connectivity index (χ2n) is 7.12. The van der Waals surface area contributed by atoms with E-state index in [1.54, 1.807) is 31.4 Å². The van der Waals surface area contributed by atoms with Gasteiger partial charge >= 0.3 is 0 Å². The first-order chi connectivity index (χ1) is 14.1. The van der Waals surface area contributed by atoms with Gasteiger partial charge in [0, 0.05) is 11.6 Å². The summed E-state index contributed by atoms with van der Waals surface area (Å²) in [6, 6.07) is 14.7. The molecule has 1 saturated carbocycles. The number of ether oxygens (including phenoxy) is 2. The van der Waals surface area contributed by atoms with Crippen LogP contribution in [0.3, 0.4) is 0 Å². The Balaban J connectivity index is 1.30. The number of carbonyl (C=O) groups is 1. The second-order valence-corrected chi connectivity index (χ2v) is 7.12. The molecule has 29 heavy (non-hydrogen) atoms. The third-order valence-corrected chi connectivity index (χ3v) is 4.91. The van der Waals surface area contributed by atoms with E-state index in [0.29, 0.717) is 29.1 Å². The number of carbonyl (C=O) groups excluding carboxylic acids is 1. The Kier molecular flexibility index (Phi) is 5.46. The minimum atomic E-state index is -0.282. The Morgan fingerprint density at radius 3 is 2.48 bits per heavy atom. The molecule has 0 aliphatic heterocycles. The van der Waals surface area contributed by atoms with Crippen molar-refractivity contribution >= 4 is 11.6 Å². The lowest BCUT2D eigenvalue weighted by molar-refractivity contribution is -0.117. The third kappa shape index (κ3) is 4.74. The van der Waals surface area contributed by atoms with Crippen molar-refractivity contribution < 1.29 is 18.8 Å². The maximum absolute atomic E-state index is 12.5. The molecule has 1 unspecified atom stereocenters. The lowest BCUT2D eigenvalue weighted by Gasteiger charge is -2.13. The van der Waals surface area contributed by atoms with E-state index < -0.39 is 0 Å². The molecule has 7 heteroatoms. The summed E-state index contributed by atoms with van der Waals surface area (Å²) in [6.45, 7) is 2.12. The first-order valence-corrected chi connectivity index (χ1v) is 9.62. The zero-order chi connectivity index (χ0) is 20.2. The van der Waals surface area contributed by atoms with Gasteiger partial charge in [-0.2, -0.15) is 4.98 Å². The van der Waals surface area contributed by atoms with E-state index in [-0.39, 0.29) is 18.4 Å². The summed E-state index contributed by atoms with van der Waals surface area (Å²) in [5, 5.41) is 6.86. The van der Waals surface area contributed by atoms with Gasteiger partial charge in [0.1, 0.15) is 11.5 Å². The Morgan fingerprint density at radius 1 is 1.14 bits per heavy atom. The quantitative estimate of drug-likeness (QED) is 0.615. The molecular weight excluding hydrogens is 370 g/mol. The summed E-state index contributed by atoms with van der Waals surface area (Å²) in [5.74, 6) is 2.74. The standard InChI is InChI=1S/C22H23N3O4/c1-14(15-5-9-18(27-2)10-6-15)21(26)23-17-7-11-19(12-8-17)28-13-20-24-22(29-25-20)16-3-4-16/h5-12,14,16H,3-4,13H2,1-2H3,(H,23,26). The average molecular weight is 393 g/mol. The van der Waals surface area contributed by atoms with Gasteiger partial charge in [0.2, 0.25) is 17.6 Å². The van der Waals surface area contributed by atoms with Gasteiger partial charge in [0.25, 0.3) is 0 Å². The lowest BCUT2D eigenvalue weighted by Crippen LogP contribution is -2.18. The van der Waals surface area contributed by atoms with Gasteiger partial charge < -0.3 is 19.3 Å². The second kappa shape index (κ2) is 8.34. The van der Waals surface area contributed by atoms with E-state index in [0.717, 1.165) is 24.2 Å². The van der Waals surface area contributed by atoms with Crippen LogP contribution in [-0.2, 0) is 11.4 Å². The van der Waals surface area contributed by atoms with Crippen molar-refractivity contribution in [2.45, 2.75) is 38.2 Å². The number of nitrogens with zero attached hydrogens (tertiary/aromatic N) is 2. The lowest BCUT2D eigenvalue weighted by atomic mass is 10.00. The highest BCUT2D eigenvalue weighted by molar-refractivity contribution is 5.95. The summed E-state index contributed by atoms with van der Waals surface area (Å²) >= 11 is 0. The molecule has 0 spiro atoms. The van der Waals surface area contributed by atoms with E-state index in [1.165, 1.54) is 0 Å². The van der Waals surface area contributed by atoms with E-state index in [4.69, 9.17) is 14.0 Å². The molecule has 0 saturated heterocycles. The van der Waals surface area contributed by atoms with Crippen LogP contribution in [0.1, 0.15) is 48.9 Å². The SMILES string of the molecule is COc1ccc(C(C)C(=O)Nc2ccc(OCc3noc(C4CC4)n3)cc2)cc1. The Morgan fingerprint density at radius 2 is 1.83 bits per heavy atom. The van der Waals surface area contributed by atoms with E-state index in [1.807, 2.05) is 31.2 Å². The average Bonchev–Trinajstić information content (AvgIpc) is 3.50. The molecule has 1 heterocycles. The molecule has 7 nitrogen and oxygen atoms in total. The number of hydrogen-bond acceptors (Lipinski definition) is 6. The van der Waals surface area contributed by atoms with Crippen molar-refractivity contribution in [2.75, 3.05) is 12.4 Å². The fourth-order valence-electron chi connectivity index (χ4n) is 2.90. The highest BCUT2D eigenvalue weighted by Crippen LogP contribution is 2.38. The molecule has 3 aromatic rings. The largest absolute Gasteiger partial charge is 0.497 e. The van der Waals surface area contributed by atoms with E-state index in [2.05, 4.69) is 15.5 Å². The number of anilines is 1. The van der Waals surface area contributed by atoms with Gasteiger partial charge in [-0.05, 0) is 61.7 Å². The molecule has 150 valence electrons. The zero-order valence-electron chi connectivity index (χ0n) is 16.4. The highest BCUT2D eigenvalue weighted by Gasteiger charge is 2.29. The molecule has 4 rings (SSSR count). The number of benzene rings is 2. The highest BCUT2D eigenvalue weighted by atomic mass is 16.5. The van der Waals surface area contributed by atoms with Crippen LogP contribution >= 0.6 is 0 Å². The first-order valence-electron chi connectivity index (χ1n) is 9.62. The molecule has 0 radical (unpaired) electrons. The Labute approximate surface area is 169 Å². The van der Waals surface area contributed by atoms with Crippen LogP contribution in [-0.4, -0.2) is 23.2 Å². The normalized spacial score (nSPS) is 14.3. The number of nitrogens with one attached hydrogen (secondary N) is 1. The summed E-state index contributed by atoms with van der Waals surface area (Å²) in [7, 11) is 1.62. The van der Waals surface area contributed by atoms with Crippen LogP contribution in [0.5, 0.6) is 11.5 Å². The predicted octanol–water partition coefficient (Wildman–Crippen LogP) is 4.28. The summed E-state index contributed by atoms with van der Waals surface area (Å²) in [4.78, 5) is 16.9. The fourth-order valence-corrected chi connectivity index (χ4v) is 2.90. The van der Waals surface area contributed by atoms with Crippen molar-refractivity contribution in [3.63, 3.8) is 0 Å². The van der Waals surface area contributed by atoms with Crippen molar-refractivity contribution in [3.05, 3.63) is 65.8 Å². The molecule has 1 fully saturated rings. The summed E-state index contributed by atoms with van der Waals surface area (Å²) < 4.78 is 16.1. The molecular formula is C22H23N3O4. The van der Waals surface area contributed by atoms with Crippen LogP contribution in [0.4, 0.5) is 5.69 Å². The molecule has 1 amide bonds. The van der Waals surface area contributed by atoms with Crippen LogP contribution in [0.25, 0.3) is 0 Å². The van der Waals surface area contributed by atoms with Crippen LogP contribution in [0.15, 0.2) is 53.1 Å². The number of rotatable bonds is 8. The zero-order valence-corrected chi connectivity index (χ0v) is 16.4. The van der Waals surface area contributed by atoms with Gasteiger partial charge in [0.15, 0.2) is 6.61 Å². The smallest absolute Gasteiger partial charge is 0.231 e. The predicted molar refractivity (Wildman–Crippen MR) is 107 cm³/mol. The molecule has 1 aromatic heterocycles. The maximum Gasteiger partial charge on any atom is 0.231 e. The van der Waals surface area contributed by atoms with Gasteiger partial charge in [-0.15, -0.1) is 0 Å². The van der Waals surface area contributed by atoms with Crippen molar-refractivity contribution in [3.8, 4) is 11.5 Å². The van der Waals surface area contributed by atoms with Crippen LogP contribution < -0.4 is 14.8 Å². The number of methoxy groups -OCH3 is 1. The molecule has 2 aromatic carbocycles. The minimum Gasteiger partial charge on any atom is -0.497 e. The van der Waals surface area contributed by atoms with Gasteiger partial charge in [-0.25, -0.2) is 0 Å². The molecule has 1 aliphatic rings. The minimum absolute atomic E-state index is 0.0803. The Hall–Kier alpha value is -3.35. The topological polar surface area (TPSA) is 86.5 Å². The molecule has 1 N–H and O–H groups in total. The monoisotopic (exact) mass is 393 g/mol. The molecule has 1 atom stereocenters. The van der Waals surface area contributed by atoms with Gasteiger partial charge in [0.05, 0.1) is 13.0 Å². The third-order valence-electron chi connectivity index (χ3n) is 4.91. The number of aromatic nitrogens is 2.